The molecular formula is C30H29F3N4O4. The number of nitrogens with one attached hydrogen (secondary N) is 1. The Bertz CT molecular complexity index is 1590. The number of ether oxygens (including phenoxy) is 2. The zero-order valence-corrected chi connectivity index (χ0v) is 22.1. The highest BCUT2D eigenvalue weighted by atomic mass is 19.4. The molecule has 1 aromatic carbocycles. The highest BCUT2D eigenvalue weighted by Crippen LogP contribution is 2.46. The van der Waals surface area contributed by atoms with Crippen LogP contribution < -0.4 is 9.64 Å². The summed E-state index contributed by atoms with van der Waals surface area (Å²) in [5.41, 5.74) is 4.71. The molecule has 2 aliphatic heterocycles. The number of carboxylic acids is 1. The number of piperidine rings is 1. The van der Waals surface area contributed by atoms with Crippen LogP contribution in [0.5, 0.6) is 5.75 Å². The first-order valence-electron chi connectivity index (χ1n) is 13.9. The van der Waals surface area contributed by atoms with Gasteiger partial charge in [0.1, 0.15) is 11.3 Å². The third-order valence-electron chi connectivity index (χ3n) is 8.60. The molecule has 7 rings (SSSR count). The maximum Gasteiger partial charge on any atom is 0.573 e. The summed E-state index contributed by atoms with van der Waals surface area (Å²) >= 11 is 0. The zero-order chi connectivity index (χ0) is 28.3. The Morgan fingerprint density at radius 1 is 1.07 bits per heavy atom. The lowest BCUT2D eigenvalue weighted by Gasteiger charge is -2.40. The van der Waals surface area contributed by atoms with Gasteiger partial charge in [0.15, 0.2) is 0 Å². The number of pyridine rings is 1. The van der Waals surface area contributed by atoms with E-state index in [9.17, 15) is 23.1 Å². The second-order valence-electron chi connectivity index (χ2n) is 11.2. The third kappa shape index (κ3) is 4.92. The summed E-state index contributed by atoms with van der Waals surface area (Å²) in [4.78, 5) is 17.3. The number of aromatic carboxylic acids is 1. The van der Waals surface area contributed by atoms with Crippen LogP contribution in [-0.2, 0) is 11.3 Å². The van der Waals surface area contributed by atoms with Crippen molar-refractivity contribution in [3.8, 4) is 16.9 Å². The SMILES string of the molecule is O=C(O)c1cnn2ccc(N3C4CCC3CC(OCc3c(-c5ccccc5OC(F)(F)F)c[nH]c3C3CC3)C4)cc12. The van der Waals surface area contributed by atoms with Crippen LogP contribution in [0, 0.1) is 0 Å². The summed E-state index contributed by atoms with van der Waals surface area (Å²) in [5, 5.41) is 13.7. The van der Waals surface area contributed by atoms with E-state index in [1.54, 1.807) is 29.0 Å². The van der Waals surface area contributed by atoms with Gasteiger partial charge in [-0.25, -0.2) is 9.31 Å². The van der Waals surface area contributed by atoms with E-state index in [-0.39, 0.29) is 29.5 Å². The van der Waals surface area contributed by atoms with Crippen molar-refractivity contribution in [2.24, 2.45) is 0 Å². The maximum atomic E-state index is 13.1. The number of nitrogens with zero attached hydrogens (tertiary/aromatic N) is 3. The van der Waals surface area contributed by atoms with Crippen LogP contribution in [0.15, 0.2) is 55.0 Å². The average molecular weight is 567 g/mol. The minimum absolute atomic E-state index is 0.00787. The number of H-pyrrole nitrogens is 1. The molecule has 0 radical (unpaired) electrons. The predicted molar refractivity (Wildman–Crippen MR) is 144 cm³/mol. The number of anilines is 1. The van der Waals surface area contributed by atoms with Crippen LogP contribution in [0.1, 0.15) is 66.1 Å². The van der Waals surface area contributed by atoms with Crippen molar-refractivity contribution in [3.05, 3.63) is 71.8 Å². The zero-order valence-electron chi connectivity index (χ0n) is 22.1. The molecule has 2 saturated heterocycles. The molecule has 8 nitrogen and oxygen atoms in total. The molecule has 3 fully saturated rings. The molecule has 0 spiro atoms. The fourth-order valence-electron chi connectivity index (χ4n) is 6.69. The third-order valence-corrected chi connectivity index (χ3v) is 8.60. The van der Waals surface area contributed by atoms with Crippen molar-refractivity contribution in [2.75, 3.05) is 4.90 Å². The van der Waals surface area contributed by atoms with Gasteiger partial charge in [0.05, 0.1) is 24.4 Å². The molecule has 2 N–H and O–H groups in total. The number of aromatic nitrogens is 3. The van der Waals surface area contributed by atoms with Crippen molar-refractivity contribution in [1.29, 1.82) is 0 Å². The van der Waals surface area contributed by atoms with Gasteiger partial charge in [0.25, 0.3) is 0 Å². The van der Waals surface area contributed by atoms with E-state index in [2.05, 4.69) is 19.7 Å². The highest BCUT2D eigenvalue weighted by molar-refractivity contribution is 5.96. The molecule has 4 aromatic rings. The van der Waals surface area contributed by atoms with Crippen molar-refractivity contribution in [2.45, 2.75) is 75.6 Å². The number of rotatable bonds is 8. The van der Waals surface area contributed by atoms with E-state index < -0.39 is 12.3 Å². The minimum atomic E-state index is -4.78. The van der Waals surface area contributed by atoms with Crippen LogP contribution in [0.2, 0.25) is 0 Å². The van der Waals surface area contributed by atoms with Crippen LogP contribution in [-0.4, -0.2) is 50.2 Å². The molecule has 41 heavy (non-hydrogen) atoms. The van der Waals surface area contributed by atoms with Gasteiger partial charge in [-0.2, -0.15) is 5.10 Å². The van der Waals surface area contributed by atoms with Gasteiger partial charge in [-0.15, -0.1) is 13.2 Å². The number of alkyl halides is 3. The Labute approximate surface area is 233 Å². The number of carbonyl (C=O) groups is 1. The number of aromatic amines is 1. The number of hydrogen-bond acceptors (Lipinski definition) is 5. The molecule has 2 unspecified atom stereocenters. The number of benzene rings is 1. The number of fused-ring (bicyclic) bond motifs is 3. The summed E-state index contributed by atoms with van der Waals surface area (Å²) in [6.45, 7) is 0.304. The summed E-state index contributed by atoms with van der Waals surface area (Å²) in [5.74, 6) is -0.866. The molecule has 0 amide bonds. The van der Waals surface area contributed by atoms with Gasteiger partial charge in [0, 0.05) is 52.5 Å². The Kier molecular flexibility index (Phi) is 6.22. The largest absolute Gasteiger partial charge is 0.573 e. The maximum absolute atomic E-state index is 13.1. The second kappa shape index (κ2) is 9.83. The van der Waals surface area contributed by atoms with Crippen molar-refractivity contribution >= 4 is 17.2 Å². The average Bonchev–Trinajstić information content (AvgIpc) is 3.44. The standard InChI is InChI=1S/C30H29F3N4O4/c31-30(32,33)41-27-4-2-1-3-22(27)23-14-34-28(17-5-6-17)25(23)16-40-21-11-18-7-8-19(12-21)37(18)20-9-10-36-26(13-20)24(15-35-36)29(38)39/h1-4,9-10,13-15,17-19,21,34H,5-8,11-12,16H2,(H,38,39). The molecule has 1 saturated carbocycles. The van der Waals surface area contributed by atoms with Crippen LogP contribution >= 0.6 is 0 Å². The summed E-state index contributed by atoms with van der Waals surface area (Å²) in [6, 6.07) is 10.6. The monoisotopic (exact) mass is 566 g/mol. The number of halogens is 3. The quantitative estimate of drug-likeness (QED) is 0.252. The normalized spacial score (nSPS) is 22.4. The van der Waals surface area contributed by atoms with Gasteiger partial charge in [0.2, 0.25) is 0 Å². The summed E-state index contributed by atoms with van der Waals surface area (Å²) < 4.78 is 51.9. The first kappa shape index (κ1) is 25.9. The molecule has 11 heteroatoms. The van der Waals surface area contributed by atoms with E-state index >= 15 is 0 Å². The Morgan fingerprint density at radius 2 is 1.83 bits per heavy atom. The van der Waals surface area contributed by atoms with Crippen LogP contribution in [0.4, 0.5) is 18.9 Å². The number of carboxylic acid groups (broad SMARTS) is 1. The molecule has 2 atom stereocenters. The number of hydrogen-bond donors (Lipinski definition) is 2. The van der Waals surface area contributed by atoms with E-state index in [0.29, 0.717) is 29.2 Å². The molecular weight excluding hydrogens is 537 g/mol. The van der Waals surface area contributed by atoms with Gasteiger partial charge in [-0.3, -0.25) is 0 Å². The van der Waals surface area contributed by atoms with E-state index in [0.717, 1.165) is 55.5 Å². The van der Waals surface area contributed by atoms with Crippen LogP contribution in [0.3, 0.4) is 0 Å². The summed E-state index contributed by atoms with van der Waals surface area (Å²) in [7, 11) is 0. The molecule has 5 heterocycles. The lowest BCUT2D eigenvalue weighted by Crippen LogP contribution is -2.45. The smallest absolute Gasteiger partial charge is 0.478 e. The Balaban J connectivity index is 1.10. The fourth-order valence-corrected chi connectivity index (χ4v) is 6.69. The van der Waals surface area contributed by atoms with Crippen molar-refractivity contribution < 1.29 is 32.5 Å². The Hall–Kier alpha value is -3.99. The molecule has 3 aliphatic rings. The molecule has 214 valence electrons. The molecule has 2 bridgehead atoms. The van der Waals surface area contributed by atoms with Gasteiger partial charge >= 0.3 is 12.3 Å². The number of para-hydroxylation sites is 1. The first-order valence-corrected chi connectivity index (χ1v) is 13.9. The second-order valence-corrected chi connectivity index (χ2v) is 11.2. The Morgan fingerprint density at radius 3 is 2.54 bits per heavy atom. The van der Waals surface area contributed by atoms with E-state index in [1.807, 2.05) is 12.1 Å². The van der Waals surface area contributed by atoms with Gasteiger partial charge in [-0.05, 0) is 62.6 Å². The minimum Gasteiger partial charge on any atom is -0.478 e. The van der Waals surface area contributed by atoms with Gasteiger partial charge < -0.3 is 24.5 Å². The van der Waals surface area contributed by atoms with Crippen molar-refractivity contribution in [1.82, 2.24) is 14.6 Å². The fraction of sp³-hybridized carbons (Fsp3) is 0.400. The van der Waals surface area contributed by atoms with Crippen LogP contribution in [0.25, 0.3) is 16.6 Å². The van der Waals surface area contributed by atoms with Gasteiger partial charge in [-0.1, -0.05) is 18.2 Å². The molecule has 1 aliphatic carbocycles. The van der Waals surface area contributed by atoms with Crippen molar-refractivity contribution in [3.63, 3.8) is 0 Å². The predicted octanol–water partition coefficient (Wildman–Crippen LogP) is 6.52. The van der Waals surface area contributed by atoms with E-state index in [1.165, 1.54) is 18.3 Å². The lowest BCUT2D eigenvalue weighted by atomic mass is 9.98. The summed E-state index contributed by atoms with van der Waals surface area (Å²) in [6.07, 6.45) is 5.93. The molecule has 3 aromatic heterocycles. The topological polar surface area (TPSA) is 92.1 Å². The lowest BCUT2D eigenvalue weighted by molar-refractivity contribution is -0.274. The first-order chi connectivity index (χ1) is 19.7. The van der Waals surface area contributed by atoms with E-state index in [4.69, 9.17) is 4.74 Å². The highest BCUT2D eigenvalue weighted by Gasteiger charge is 2.42.